The van der Waals surface area contributed by atoms with E-state index in [0.29, 0.717) is 38.1 Å². The summed E-state index contributed by atoms with van der Waals surface area (Å²) in [6.07, 6.45) is 0.533. The normalized spacial score (nSPS) is 18.4. The van der Waals surface area contributed by atoms with Crippen LogP contribution < -0.4 is 10.6 Å². The van der Waals surface area contributed by atoms with Crippen LogP contribution in [0.4, 0.5) is 5.95 Å². The number of ether oxygens (including phenoxy) is 2. The standard InChI is InChI=1S/C10H18N4O3/c1-15-7-8(11)6-9-12-10(13-17-9)14-2-4-16-5-3-14/h8H,2-7,11H2,1H3. The average Bonchev–Trinajstić information content (AvgIpc) is 2.79. The molecule has 1 aromatic heterocycles. The highest BCUT2D eigenvalue weighted by Gasteiger charge is 2.18. The van der Waals surface area contributed by atoms with Crippen molar-refractivity contribution in [3.63, 3.8) is 0 Å². The van der Waals surface area contributed by atoms with Crippen molar-refractivity contribution in [2.45, 2.75) is 12.5 Å². The molecular weight excluding hydrogens is 224 g/mol. The molecule has 17 heavy (non-hydrogen) atoms. The van der Waals surface area contributed by atoms with Crippen molar-refractivity contribution >= 4 is 5.95 Å². The average molecular weight is 242 g/mol. The Balaban J connectivity index is 1.90. The molecule has 0 amide bonds. The third-order valence-electron chi connectivity index (χ3n) is 2.57. The van der Waals surface area contributed by atoms with Crippen molar-refractivity contribution in [1.82, 2.24) is 10.1 Å². The Bertz CT molecular complexity index is 338. The lowest BCUT2D eigenvalue weighted by molar-refractivity contribution is 0.121. The van der Waals surface area contributed by atoms with Crippen molar-refractivity contribution in [2.24, 2.45) is 5.73 Å². The molecule has 0 saturated carbocycles. The number of anilines is 1. The SMILES string of the molecule is COCC(N)Cc1nc(N2CCOCC2)no1. The Morgan fingerprint density at radius 2 is 2.24 bits per heavy atom. The summed E-state index contributed by atoms with van der Waals surface area (Å²) in [7, 11) is 1.62. The molecule has 0 radical (unpaired) electrons. The van der Waals surface area contributed by atoms with Gasteiger partial charge in [0.2, 0.25) is 5.89 Å². The van der Waals surface area contributed by atoms with Gasteiger partial charge in [-0.3, -0.25) is 0 Å². The van der Waals surface area contributed by atoms with Gasteiger partial charge >= 0.3 is 0 Å². The van der Waals surface area contributed by atoms with Gasteiger partial charge in [-0.05, 0) is 5.16 Å². The van der Waals surface area contributed by atoms with E-state index in [0.717, 1.165) is 13.1 Å². The van der Waals surface area contributed by atoms with E-state index in [1.54, 1.807) is 7.11 Å². The summed E-state index contributed by atoms with van der Waals surface area (Å²) < 4.78 is 15.4. The Hall–Kier alpha value is -1.18. The molecule has 0 bridgehead atoms. The first-order valence-electron chi connectivity index (χ1n) is 5.69. The molecule has 1 fully saturated rings. The van der Waals surface area contributed by atoms with Crippen LogP contribution in [0.3, 0.4) is 0 Å². The summed E-state index contributed by atoms with van der Waals surface area (Å²) in [5, 5.41) is 3.94. The van der Waals surface area contributed by atoms with Crippen molar-refractivity contribution in [3.05, 3.63) is 5.89 Å². The molecule has 1 saturated heterocycles. The second-order valence-electron chi connectivity index (χ2n) is 4.01. The third kappa shape index (κ3) is 3.39. The van der Waals surface area contributed by atoms with Crippen molar-refractivity contribution in [2.75, 3.05) is 44.9 Å². The highest BCUT2D eigenvalue weighted by atomic mass is 16.5. The van der Waals surface area contributed by atoms with Crippen LogP contribution >= 0.6 is 0 Å². The van der Waals surface area contributed by atoms with E-state index in [2.05, 4.69) is 10.1 Å². The molecule has 2 N–H and O–H groups in total. The molecular formula is C10H18N4O3. The zero-order valence-corrected chi connectivity index (χ0v) is 9.96. The van der Waals surface area contributed by atoms with Gasteiger partial charge in [0.1, 0.15) is 0 Å². The van der Waals surface area contributed by atoms with Crippen LogP contribution in [0.2, 0.25) is 0 Å². The molecule has 2 heterocycles. The molecule has 2 rings (SSSR count). The number of methoxy groups -OCH3 is 1. The van der Waals surface area contributed by atoms with Crippen molar-refractivity contribution < 1.29 is 14.0 Å². The number of nitrogens with two attached hydrogens (primary N) is 1. The first-order valence-corrected chi connectivity index (χ1v) is 5.69. The Morgan fingerprint density at radius 3 is 2.94 bits per heavy atom. The van der Waals surface area contributed by atoms with E-state index >= 15 is 0 Å². The van der Waals surface area contributed by atoms with E-state index in [-0.39, 0.29) is 6.04 Å². The first kappa shape index (κ1) is 12.3. The fourth-order valence-electron chi connectivity index (χ4n) is 1.72. The second kappa shape index (κ2) is 5.95. The van der Waals surface area contributed by atoms with Gasteiger partial charge in [-0.2, -0.15) is 4.98 Å². The topological polar surface area (TPSA) is 86.6 Å². The number of hydrogen-bond acceptors (Lipinski definition) is 7. The van der Waals surface area contributed by atoms with Crippen molar-refractivity contribution in [3.8, 4) is 0 Å². The molecule has 1 aliphatic heterocycles. The summed E-state index contributed by atoms with van der Waals surface area (Å²) in [6, 6.07) is -0.113. The van der Waals surface area contributed by atoms with Gasteiger partial charge in [0.05, 0.1) is 19.8 Å². The summed E-state index contributed by atoms with van der Waals surface area (Å²) in [4.78, 5) is 6.35. The second-order valence-corrected chi connectivity index (χ2v) is 4.01. The van der Waals surface area contributed by atoms with Crippen LogP contribution in [0.5, 0.6) is 0 Å². The number of nitrogens with zero attached hydrogens (tertiary/aromatic N) is 3. The Morgan fingerprint density at radius 1 is 1.47 bits per heavy atom. The van der Waals surface area contributed by atoms with Gasteiger partial charge in [-0.1, -0.05) is 0 Å². The quantitative estimate of drug-likeness (QED) is 0.739. The molecule has 1 aromatic rings. The van der Waals surface area contributed by atoms with Crippen LogP contribution in [-0.2, 0) is 15.9 Å². The number of rotatable bonds is 5. The summed E-state index contributed by atoms with van der Waals surface area (Å²) in [5.74, 6) is 1.17. The predicted molar refractivity (Wildman–Crippen MR) is 60.9 cm³/mol. The molecule has 7 nitrogen and oxygen atoms in total. The molecule has 1 unspecified atom stereocenters. The number of morpholine rings is 1. The molecule has 7 heteroatoms. The van der Waals surface area contributed by atoms with Crippen LogP contribution in [0.15, 0.2) is 4.52 Å². The monoisotopic (exact) mass is 242 g/mol. The number of aromatic nitrogens is 2. The van der Waals surface area contributed by atoms with E-state index < -0.39 is 0 Å². The molecule has 0 aliphatic carbocycles. The van der Waals surface area contributed by atoms with E-state index in [1.807, 2.05) is 4.90 Å². The van der Waals surface area contributed by atoms with Crippen molar-refractivity contribution in [1.29, 1.82) is 0 Å². The van der Waals surface area contributed by atoms with Gasteiger partial charge in [0.25, 0.3) is 5.95 Å². The van der Waals surface area contributed by atoms with Crippen LogP contribution in [0.1, 0.15) is 5.89 Å². The van der Waals surface area contributed by atoms with Crippen LogP contribution in [-0.4, -0.2) is 56.2 Å². The summed E-state index contributed by atoms with van der Waals surface area (Å²) >= 11 is 0. The maximum Gasteiger partial charge on any atom is 0.266 e. The molecule has 0 aromatic carbocycles. The lowest BCUT2D eigenvalue weighted by Crippen LogP contribution is -2.37. The Labute approximate surface area is 99.9 Å². The molecule has 96 valence electrons. The Kier molecular flexibility index (Phi) is 4.29. The third-order valence-corrected chi connectivity index (χ3v) is 2.57. The van der Waals surface area contributed by atoms with Crippen LogP contribution in [0, 0.1) is 0 Å². The lowest BCUT2D eigenvalue weighted by Gasteiger charge is -2.24. The maximum atomic E-state index is 5.82. The smallest absolute Gasteiger partial charge is 0.266 e. The fraction of sp³-hybridized carbons (Fsp3) is 0.800. The molecule has 1 aliphatic rings. The molecule has 1 atom stereocenters. The predicted octanol–water partition coefficient (Wildman–Crippen LogP) is -0.578. The summed E-state index contributed by atoms with van der Waals surface area (Å²) in [6.45, 7) is 3.47. The minimum absolute atomic E-state index is 0.113. The van der Waals surface area contributed by atoms with E-state index in [4.69, 9.17) is 19.7 Å². The van der Waals surface area contributed by atoms with Gasteiger partial charge in [-0.25, -0.2) is 0 Å². The van der Waals surface area contributed by atoms with Gasteiger partial charge in [-0.15, -0.1) is 0 Å². The summed E-state index contributed by atoms with van der Waals surface area (Å²) in [5.41, 5.74) is 5.82. The van der Waals surface area contributed by atoms with Gasteiger partial charge in [0.15, 0.2) is 0 Å². The largest absolute Gasteiger partial charge is 0.383 e. The first-order chi connectivity index (χ1) is 8.29. The van der Waals surface area contributed by atoms with E-state index in [9.17, 15) is 0 Å². The maximum absolute atomic E-state index is 5.82. The van der Waals surface area contributed by atoms with E-state index in [1.165, 1.54) is 0 Å². The fourth-order valence-corrected chi connectivity index (χ4v) is 1.72. The minimum Gasteiger partial charge on any atom is -0.383 e. The molecule has 0 spiro atoms. The van der Waals surface area contributed by atoms with Gasteiger partial charge < -0.3 is 24.6 Å². The zero-order valence-electron chi connectivity index (χ0n) is 9.96. The highest BCUT2D eigenvalue weighted by Crippen LogP contribution is 2.11. The zero-order chi connectivity index (χ0) is 12.1. The number of hydrogen-bond donors (Lipinski definition) is 1. The lowest BCUT2D eigenvalue weighted by atomic mass is 10.2. The minimum atomic E-state index is -0.113. The van der Waals surface area contributed by atoms with Crippen LogP contribution in [0.25, 0.3) is 0 Å². The highest BCUT2D eigenvalue weighted by molar-refractivity contribution is 5.28. The van der Waals surface area contributed by atoms with Gasteiger partial charge in [0, 0.05) is 32.7 Å².